The number of fused-ring (bicyclic) bond motifs is 1. The first kappa shape index (κ1) is 13.4. The van der Waals surface area contributed by atoms with Gasteiger partial charge in [0.1, 0.15) is 0 Å². The maximum atomic E-state index is 11.9. The molecule has 0 atom stereocenters. The van der Waals surface area contributed by atoms with E-state index >= 15 is 0 Å². The highest BCUT2D eigenvalue weighted by atomic mass is 16.4. The minimum Gasteiger partial charge on any atom is -0.408 e. The number of aromatic nitrogens is 1. The third kappa shape index (κ3) is 2.86. The number of aryl methyl sites for hydroxylation is 1. The van der Waals surface area contributed by atoms with E-state index in [1.807, 2.05) is 0 Å². The average Bonchev–Trinajstić information content (AvgIpc) is 2.64. The first-order chi connectivity index (χ1) is 8.99. The second kappa shape index (κ2) is 5.30. The van der Waals surface area contributed by atoms with Crippen LogP contribution in [0.5, 0.6) is 0 Å². The van der Waals surface area contributed by atoms with Crippen molar-refractivity contribution in [3.05, 3.63) is 34.3 Å². The van der Waals surface area contributed by atoms with Crippen molar-refractivity contribution in [1.29, 1.82) is 0 Å². The number of amides is 1. The van der Waals surface area contributed by atoms with Crippen LogP contribution in [-0.4, -0.2) is 17.0 Å². The Morgan fingerprint density at radius 3 is 2.84 bits per heavy atom. The summed E-state index contributed by atoms with van der Waals surface area (Å²) in [4.78, 5) is 23.3. The molecule has 0 spiro atoms. The first-order valence-corrected chi connectivity index (χ1v) is 6.37. The quantitative estimate of drug-likeness (QED) is 0.915. The molecule has 19 heavy (non-hydrogen) atoms. The number of carbonyl (C=O) groups is 1. The lowest BCUT2D eigenvalue weighted by atomic mass is 10.1. The summed E-state index contributed by atoms with van der Waals surface area (Å²) in [5.74, 6) is -0.0173. The zero-order valence-corrected chi connectivity index (χ0v) is 11.4. The van der Waals surface area contributed by atoms with Crippen LogP contribution in [-0.2, 0) is 7.05 Å². The Labute approximate surface area is 111 Å². The van der Waals surface area contributed by atoms with Crippen LogP contribution in [0.2, 0.25) is 0 Å². The molecule has 0 bridgehead atoms. The van der Waals surface area contributed by atoms with E-state index in [0.717, 1.165) is 6.42 Å². The summed E-state index contributed by atoms with van der Waals surface area (Å²) in [7, 11) is 1.64. The van der Waals surface area contributed by atoms with E-state index < -0.39 is 5.76 Å². The summed E-state index contributed by atoms with van der Waals surface area (Å²) in [5, 5.41) is 2.85. The van der Waals surface area contributed by atoms with Crippen LogP contribution in [0, 0.1) is 5.92 Å². The molecule has 1 aromatic heterocycles. The van der Waals surface area contributed by atoms with Gasteiger partial charge in [-0.3, -0.25) is 9.36 Å². The topological polar surface area (TPSA) is 64.2 Å². The molecule has 5 nitrogen and oxygen atoms in total. The highest BCUT2D eigenvalue weighted by Crippen LogP contribution is 2.14. The van der Waals surface area contributed by atoms with Gasteiger partial charge >= 0.3 is 5.76 Å². The van der Waals surface area contributed by atoms with Crippen LogP contribution in [0.15, 0.2) is 27.4 Å². The maximum absolute atomic E-state index is 11.9. The second-order valence-corrected chi connectivity index (χ2v) is 5.05. The number of hydrogen-bond donors (Lipinski definition) is 1. The van der Waals surface area contributed by atoms with Gasteiger partial charge in [-0.05, 0) is 30.5 Å². The summed E-state index contributed by atoms with van der Waals surface area (Å²) < 4.78 is 6.47. The zero-order chi connectivity index (χ0) is 14.0. The summed E-state index contributed by atoms with van der Waals surface area (Å²) in [6.07, 6.45) is 0.939. The SMILES string of the molecule is CC(C)CCNC(=O)c1ccc2c(c1)oc(=O)n2C. The Hall–Kier alpha value is -2.04. The normalized spacial score (nSPS) is 11.2. The summed E-state index contributed by atoms with van der Waals surface area (Å²) >= 11 is 0. The average molecular weight is 262 g/mol. The van der Waals surface area contributed by atoms with E-state index in [0.29, 0.717) is 29.1 Å². The van der Waals surface area contributed by atoms with Crippen LogP contribution in [0.1, 0.15) is 30.6 Å². The van der Waals surface area contributed by atoms with Crippen molar-refractivity contribution in [2.45, 2.75) is 20.3 Å². The Balaban J connectivity index is 2.17. The molecule has 1 N–H and O–H groups in total. The van der Waals surface area contributed by atoms with Crippen LogP contribution in [0.4, 0.5) is 0 Å². The first-order valence-electron chi connectivity index (χ1n) is 6.37. The molecule has 5 heteroatoms. The van der Waals surface area contributed by atoms with Crippen LogP contribution >= 0.6 is 0 Å². The molecule has 0 aliphatic carbocycles. The number of rotatable bonds is 4. The standard InChI is InChI=1S/C14H18N2O3/c1-9(2)6-7-15-13(17)10-4-5-11-12(8-10)19-14(18)16(11)3/h4-5,8-9H,6-7H2,1-3H3,(H,15,17). The molecule has 1 amide bonds. The van der Waals surface area contributed by atoms with E-state index in [1.165, 1.54) is 4.57 Å². The fourth-order valence-electron chi connectivity index (χ4n) is 1.85. The van der Waals surface area contributed by atoms with Crippen molar-refractivity contribution >= 4 is 17.0 Å². The molecule has 0 saturated heterocycles. The van der Waals surface area contributed by atoms with Crippen molar-refractivity contribution in [1.82, 2.24) is 9.88 Å². The van der Waals surface area contributed by atoms with Crippen molar-refractivity contribution in [2.75, 3.05) is 6.54 Å². The van der Waals surface area contributed by atoms with Gasteiger partial charge in [-0.2, -0.15) is 0 Å². The Morgan fingerprint density at radius 1 is 1.42 bits per heavy atom. The highest BCUT2D eigenvalue weighted by molar-refractivity contribution is 5.97. The van der Waals surface area contributed by atoms with Gasteiger partial charge < -0.3 is 9.73 Å². The van der Waals surface area contributed by atoms with Crippen LogP contribution in [0.3, 0.4) is 0 Å². The van der Waals surface area contributed by atoms with Gasteiger partial charge in [-0.1, -0.05) is 13.8 Å². The second-order valence-electron chi connectivity index (χ2n) is 5.05. The third-order valence-electron chi connectivity index (χ3n) is 3.06. The van der Waals surface area contributed by atoms with E-state index in [1.54, 1.807) is 25.2 Å². The van der Waals surface area contributed by atoms with Crippen LogP contribution in [0.25, 0.3) is 11.1 Å². The summed E-state index contributed by atoms with van der Waals surface area (Å²) in [6.45, 7) is 4.86. The summed E-state index contributed by atoms with van der Waals surface area (Å²) in [6, 6.07) is 5.01. The lowest BCUT2D eigenvalue weighted by molar-refractivity contribution is 0.0952. The number of benzene rings is 1. The molecule has 0 aliphatic rings. The van der Waals surface area contributed by atoms with Crippen molar-refractivity contribution in [3.8, 4) is 0 Å². The van der Waals surface area contributed by atoms with Crippen LogP contribution < -0.4 is 11.1 Å². The third-order valence-corrected chi connectivity index (χ3v) is 3.06. The smallest absolute Gasteiger partial charge is 0.408 e. The predicted octanol–water partition coefficient (Wildman–Crippen LogP) is 1.91. The Morgan fingerprint density at radius 2 is 2.16 bits per heavy atom. The van der Waals surface area contributed by atoms with Gasteiger partial charge in [0.25, 0.3) is 5.91 Å². The molecule has 1 aromatic carbocycles. The Bertz CT molecular complexity index is 652. The lowest BCUT2D eigenvalue weighted by Crippen LogP contribution is -2.25. The summed E-state index contributed by atoms with van der Waals surface area (Å²) in [5.41, 5.74) is 1.62. The molecule has 2 rings (SSSR count). The predicted molar refractivity (Wildman–Crippen MR) is 73.2 cm³/mol. The van der Waals surface area contributed by atoms with Gasteiger partial charge in [-0.15, -0.1) is 0 Å². The number of oxazole rings is 1. The molecule has 0 fully saturated rings. The van der Waals surface area contributed by atoms with E-state index in [2.05, 4.69) is 19.2 Å². The Kier molecular flexibility index (Phi) is 3.74. The molecular weight excluding hydrogens is 244 g/mol. The zero-order valence-electron chi connectivity index (χ0n) is 11.4. The van der Waals surface area contributed by atoms with E-state index in [-0.39, 0.29) is 5.91 Å². The molecule has 0 aliphatic heterocycles. The molecule has 2 aromatic rings. The minimum atomic E-state index is -0.424. The lowest BCUT2D eigenvalue weighted by Gasteiger charge is -2.07. The number of nitrogens with zero attached hydrogens (tertiary/aromatic N) is 1. The van der Waals surface area contributed by atoms with E-state index in [4.69, 9.17) is 4.42 Å². The van der Waals surface area contributed by atoms with Gasteiger partial charge in [-0.25, -0.2) is 4.79 Å². The number of hydrogen-bond acceptors (Lipinski definition) is 3. The maximum Gasteiger partial charge on any atom is 0.419 e. The molecule has 102 valence electrons. The molecule has 1 heterocycles. The largest absolute Gasteiger partial charge is 0.419 e. The molecular formula is C14H18N2O3. The minimum absolute atomic E-state index is 0.144. The van der Waals surface area contributed by atoms with Gasteiger partial charge in [0.05, 0.1) is 5.52 Å². The number of carbonyl (C=O) groups excluding carboxylic acids is 1. The molecule has 0 radical (unpaired) electrons. The van der Waals surface area contributed by atoms with Crippen molar-refractivity contribution < 1.29 is 9.21 Å². The number of nitrogens with one attached hydrogen (secondary N) is 1. The van der Waals surface area contributed by atoms with Crippen molar-refractivity contribution in [2.24, 2.45) is 13.0 Å². The van der Waals surface area contributed by atoms with Gasteiger partial charge in [0.15, 0.2) is 5.58 Å². The monoisotopic (exact) mass is 262 g/mol. The van der Waals surface area contributed by atoms with Gasteiger partial charge in [0, 0.05) is 19.2 Å². The van der Waals surface area contributed by atoms with Crippen molar-refractivity contribution in [3.63, 3.8) is 0 Å². The van der Waals surface area contributed by atoms with Gasteiger partial charge in [0.2, 0.25) is 0 Å². The fourth-order valence-corrected chi connectivity index (χ4v) is 1.85. The highest BCUT2D eigenvalue weighted by Gasteiger charge is 2.10. The van der Waals surface area contributed by atoms with E-state index in [9.17, 15) is 9.59 Å². The molecule has 0 saturated carbocycles. The fraction of sp³-hybridized carbons (Fsp3) is 0.429. The molecule has 0 unspecified atom stereocenters.